The van der Waals surface area contributed by atoms with Crippen molar-refractivity contribution in [1.29, 1.82) is 0 Å². The highest BCUT2D eigenvalue weighted by molar-refractivity contribution is 5.83. The summed E-state index contributed by atoms with van der Waals surface area (Å²) in [6, 6.07) is 14.8. The van der Waals surface area contributed by atoms with Crippen LogP contribution in [0.3, 0.4) is 0 Å². The van der Waals surface area contributed by atoms with Crippen LogP contribution in [-0.4, -0.2) is 55.0 Å². The molecule has 29 heavy (non-hydrogen) atoms. The van der Waals surface area contributed by atoms with Gasteiger partial charge in [-0.15, -0.1) is 0 Å². The number of benzene rings is 2. The summed E-state index contributed by atoms with van der Waals surface area (Å²) in [6.07, 6.45) is 0. The fraction of sp³-hybridized carbons (Fsp3) is 0.435. The molecule has 5 nitrogen and oxygen atoms in total. The lowest BCUT2D eigenvalue weighted by Crippen LogP contribution is -2.52. The highest BCUT2D eigenvalue weighted by Gasteiger charge is 2.33. The van der Waals surface area contributed by atoms with E-state index in [9.17, 15) is 9.18 Å². The number of nitrogens with zero attached hydrogens (tertiary/aromatic N) is 3. The molecule has 1 saturated heterocycles. The summed E-state index contributed by atoms with van der Waals surface area (Å²) in [5, 5.41) is 0. The van der Waals surface area contributed by atoms with Gasteiger partial charge in [0.25, 0.3) is 0 Å². The smallest absolute Gasteiger partial charge is 0.244 e. The van der Waals surface area contributed by atoms with Crippen molar-refractivity contribution in [3.8, 4) is 0 Å². The maximum Gasteiger partial charge on any atom is 0.244 e. The Bertz CT molecular complexity index is 802. The van der Waals surface area contributed by atoms with Crippen molar-refractivity contribution in [2.45, 2.75) is 26.4 Å². The fourth-order valence-corrected chi connectivity index (χ4v) is 4.01. The minimum absolute atomic E-state index is 0.133. The van der Waals surface area contributed by atoms with Crippen LogP contribution in [0.2, 0.25) is 0 Å². The molecule has 156 valence electrons. The Labute approximate surface area is 172 Å². The van der Waals surface area contributed by atoms with Crippen LogP contribution in [0.4, 0.5) is 10.1 Å². The van der Waals surface area contributed by atoms with Crippen molar-refractivity contribution in [3.63, 3.8) is 0 Å². The van der Waals surface area contributed by atoms with Crippen molar-refractivity contribution in [2.24, 2.45) is 5.73 Å². The molecule has 0 aliphatic carbocycles. The standard InChI is InChI=1S/C23H31FN4O/c1-3-26(4-2)23(29)22(19-8-6-5-7-9-19)28-14-12-27(13-15-28)21-11-10-18(17-25)16-20(21)24/h5-11,16,22H,3-4,12-15,17,25H2,1-2H3. The molecule has 1 atom stereocenters. The second-order valence-electron chi connectivity index (χ2n) is 7.34. The summed E-state index contributed by atoms with van der Waals surface area (Å²) in [5.74, 6) is -0.103. The van der Waals surface area contributed by atoms with E-state index in [0.717, 1.165) is 11.1 Å². The van der Waals surface area contributed by atoms with Crippen molar-refractivity contribution in [2.75, 3.05) is 44.2 Å². The molecule has 2 aromatic carbocycles. The van der Waals surface area contributed by atoms with Crippen LogP contribution < -0.4 is 10.6 Å². The van der Waals surface area contributed by atoms with Crippen molar-refractivity contribution >= 4 is 11.6 Å². The van der Waals surface area contributed by atoms with Crippen LogP contribution in [0.25, 0.3) is 0 Å². The molecular formula is C23H31FN4O. The molecule has 0 radical (unpaired) electrons. The van der Waals surface area contributed by atoms with Crippen molar-refractivity contribution in [1.82, 2.24) is 9.80 Å². The number of rotatable bonds is 7. The van der Waals surface area contributed by atoms with E-state index in [-0.39, 0.29) is 17.8 Å². The summed E-state index contributed by atoms with van der Waals surface area (Å²) in [7, 11) is 0. The zero-order valence-corrected chi connectivity index (χ0v) is 17.4. The van der Waals surface area contributed by atoms with Crippen LogP contribution in [-0.2, 0) is 11.3 Å². The molecule has 0 bridgehead atoms. The van der Waals surface area contributed by atoms with Gasteiger partial charge in [-0.1, -0.05) is 36.4 Å². The molecule has 1 fully saturated rings. The van der Waals surface area contributed by atoms with Crippen LogP contribution in [0.1, 0.15) is 31.0 Å². The number of amides is 1. The average molecular weight is 399 g/mol. The van der Waals surface area contributed by atoms with E-state index in [1.54, 1.807) is 0 Å². The minimum atomic E-state index is -0.303. The minimum Gasteiger partial charge on any atom is -0.367 e. The average Bonchev–Trinajstić information content (AvgIpc) is 2.76. The normalized spacial score (nSPS) is 15.9. The molecule has 1 unspecified atom stereocenters. The monoisotopic (exact) mass is 398 g/mol. The number of likely N-dealkylation sites (N-methyl/N-ethyl adjacent to an activating group) is 1. The fourth-order valence-electron chi connectivity index (χ4n) is 4.01. The van der Waals surface area contributed by atoms with Gasteiger partial charge in [0.2, 0.25) is 5.91 Å². The largest absolute Gasteiger partial charge is 0.367 e. The van der Waals surface area contributed by atoms with E-state index in [4.69, 9.17) is 5.73 Å². The van der Waals surface area contributed by atoms with Crippen LogP contribution in [0.5, 0.6) is 0 Å². The first-order chi connectivity index (χ1) is 14.1. The van der Waals surface area contributed by atoms with Gasteiger partial charge in [-0.3, -0.25) is 9.69 Å². The molecule has 0 aromatic heterocycles. The number of anilines is 1. The Balaban J connectivity index is 1.77. The Morgan fingerprint density at radius 3 is 2.28 bits per heavy atom. The number of piperazine rings is 1. The SMILES string of the molecule is CCN(CC)C(=O)C(c1ccccc1)N1CCN(c2ccc(CN)cc2F)CC1. The third-order valence-electron chi connectivity index (χ3n) is 5.69. The second-order valence-corrected chi connectivity index (χ2v) is 7.34. The Morgan fingerprint density at radius 1 is 1.07 bits per heavy atom. The Kier molecular flexibility index (Phi) is 7.23. The highest BCUT2D eigenvalue weighted by Crippen LogP contribution is 2.27. The molecule has 1 aliphatic rings. The van der Waals surface area contributed by atoms with E-state index in [1.807, 2.05) is 61.2 Å². The van der Waals surface area contributed by atoms with Crippen molar-refractivity contribution in [3.05, 3.63) is 65.5 Å². The van der Waals surface area contributed by atoms with Gasteiger partial charge >= 0.3 is 0 Å². The van der Waals surface area contributed by atoms with E-state index in [2.05, 4.69) is 9.80 Å². The number of halogens is 1. The number of carbonyl (C=O) groups is 1. The second kappa shape index (κ2) is 9.85. The van der Waals surface area contributed by atoms with Gasteiger partial charge in [0.1, 0.15) is 11.9 Å². The van der Waals surface area contributed by atoms with Gasteiger partial charge in [0, 0.05) is 45.8 Å². The summed E-state index contributed by atoms with van der Waals surface area (Å²) in [4.78, 5) is 19.4. The third-order valence-corrected chi connectivity index (χ3v) is 5.69. The maximum absolute atomic E-state index is 14.5. The first-order valence-electron chi connectivity index (χ1n) is 10.4. The van der Waals surface area contributed by atoms with Gasteiger partial charge in [-0.05, 0) is 37.1 Å². The molecule has 6 heteroatoms. The molecule has 2 N–H and O–H groups in total. The molecule has 0 spiro atoms. The molecular weight excluding hydrogens is 367 g/mol. The molecule has 1 amide bonds. The van der Waals surface area contributed by atoms with Crippen LogP contribution in [0, 0.1) is 5.82 Å². The van der Waals surface area contributed by atoms with Crippen LogP contribution in [0.15, 0.2) is 48.5 Å². The zero-order valence-electron chi connectivity index (χ0n) is 17.4. The summed E-state index contributed by atoms with van der Waals surface area (Å²) in [5.41, 5.74) is 8.01. The van der Waals surface area contributed by atoms with Crippen LogP contribution >= 0.6 is 0 Å². The summed E-state index contributed by atoms with van der Waals surface area (Å²) >= 11 is 0. The maximum atomic E-state index is 14.5. The van der Waals surface area contributed by atoms with Gasteiger partial charge in [0.15, 0.2) is 0 Å². The summed E-state index contributed by atoms with van der Waals surface area (Å²) < 4.78 is 14.5. The van der Waals surface area contributed by atoms with E-state index >= 15 is 0 Å². The Hall–Kier alpha value is -2.44. The van der Waals surface area contributed by atoms with E-state index < -0.39 is 0 Å². The lowest BCUT2D eigenvalue weighted by atomic mass is 10.0. The lowest BCUT2D eigenvalue weighted by molar-refractivity contribution is -0.137. The quantitative estimate of drug-likeness (QED) is 0.779. The zero-order chi connectivity index (χ0) is 20.8. The molecule has 0 saturated carbocycles. The van der Waals surface area contributed by atoms with Crippen molar-refractivity contribution < 1.29 is 9.18 Å². The molecule has 3 rings (SSSR count). The van der Waals surface area contributed by atoms with E-state index in [0.29, 0.717) is 51.5 Å². The van der Waals surface area contributed by atoms with E-state index in [1.165, 1.54) is 6.07 Å². The lowest BCUT2D eigenvalue weighted by Gasteiger charge is -2.41. The van der Waals surface area contributed by atoms with Gasteiger partial charge < -0.3 is 15.5 Å². The number of nitrogens with two attached hydrogens (primary N) is 1. The van der Waals surface area contributed by atoms with Gasteiger partial charge in [0.05, 0.1) is 5.69 Å². The number of carbonyl (C=O) groups excluding carboxylic acids is 1. The Morgan fingerprint density at radius 2 is 1.72 bits per heavy atom. The highest BCUT2D eigenvalue weighted by atomic mass is 19.1. The summed E-state index contributed by atoms with van der Waals surface area (Å²) in [6.45, 7) is 8.48. The predicted molar refractivity (Wildman–Crippen MR) is 115 cm³/mol. The molecule has 1 aliphatic heterocycles. The first kappa shape index (κ1) is 21.3. The third kappa shape index (κ3) is 4.77. The number of hydrogen-bond acceptors (Lipinski definition) is 4. The topological polar surface area (TPSA) is 52.8 Å². The van der Waals surface area contributed by atoms with Gasteiger partial charge in [-0.25, -0.2) is 4.39 Å². The molecule has 1 heterocycles. The van der Waals surface area contributed by atoms with Gasteiger partial charge in [-0.2, -0.15) is 0 Å². The first-order valence-corrected chi connectivity index (χ1v) is 10.4. The number of hydrogen-bond donors (Lipinski definition) is 1. The molecule has 2 aromatic rings. The predicted octanol–water partition coefficient (Wildman–Crippen LogP) is 3.02.